The van der Waals surface area contributed by atoms with E-state index in [1.807, 2.05) is 7.62 Å². The molecule has 2 nitrogen and oxygen atoms in total. The van der Waals surface area contributed by atoms with Crippen molar-refractivity contribution in [3.8, 4) is 0 Å². The molecular formula is C16H15BNO. The van der Waals surface area contributed by atoms with E-state index in [1.165, 1.54) is 17.5 Å². The molecule has 0 amide bonds. The molecule has 0 saturated carbocycles. The molecule has 2 aromatic rings. The first-order valence-electron chi connectivity index (χ1n) is 6.79. The molecule has 2 heterocycles. The topological polar surface area (TPSA) is 12.5 Å². The highest BCUT2D eigenvalue weighted by Gasteiger charge is 2.55. The monoisotopic (exact) mass is 248 g/mol. The maximum absolute atomic E-state index is 6.20. The van der Waals surface area contributed by atoms with Gasteiger partial charge in [-0.1, -0.05) is 60.7 Å². The molecule has 2 aliphatic heterocycles. The molecule has 3 heteroatoms. The van der Waals surface area contributed by atoms with Crippen LogP contribution < -0.4 is 0 Å². The van der Waals surface area contributed by atoms with Gasteiger partial charge in [0.1, 0.15) is 5.60 Å². The third-order valence-electron chi connectivity index (χ3n) is 4.31. The Morgan fingerprint density at radius 1 is 0.947 bits per heavy atom. The predicted octanol–water partition coefficient (Wildman–Crippen LogP) is 2.57. The van der Waals surface area contributed by atoms with Crippen LogP contribution in [0.5, 0.6) is 0 Å². The first-order chi connectivity index (χ1) is 9.41. The van der Waals surface area contributed by atoms with E-state index in [9.17, 15) is 0 Å². The number of rotatable bonds is 2. The van der Waals surface area contributed by atoms with Gasteiger partial charge >= 0.3 is 7.62 Å². The normalized spacial score (nSPS) is 24.3. The highest BCUT2D eigenvalue weighted by Crippen LogP contribution is 2.47. The van der Waals surface area contributed by atoms with E-state index >= 15 is 0 Å². The van der Waals surface area contributed by atoms with Gasteiger partial charge < -0.3 is 9.47 Å². The number of hydrogen-bond donors (Lipinski definition) is 0. The second-order valence-electron chi connectivity index (χ2n) is 5.23. The molecule has 93 valence electrons. The minimum absolute atomic E-state index is 0.333. The Morgan fingerprint density at radius 3 is 1.95 bits per heavy atom. The standard InChI is InChI=1S/C16H15BNO/c1-3-7-13(8-4-1)16(14-9-5-2-6-10-14)15-11-12-18(15)17-19-16/h1-10,15H,11-12H2. The molecule has 1 radical (unpaired) electrons. The summed E-state index contributed by atoms with van der Waals surface area (Å²) >= 11 is 0. The summed E-state index contributed by atoms with van der Waals surface area (Å²) in [5, 5.41) is 0. The molecule has 0 spiro atoms. The van der Waals surface area contributed by atoms with Crippen molar-refractivity contribution in [2.24, 2.45) is 0 Å². The SMILES string of the molecule is [B]1OC(c2ccccc2)(c2ccccc2)C2CCN12. The van der Waals surface area contributed by atoms with E-state index in [1.54, 1.807) is 0 Å². The van der Waals surface area contributed by atoms with Crippen LogP contribution in [0.2, 0.25) is 0 Å². The van der Waals surface area contributed by atoms with E-state index < -0.39 is 0 Å². The second kappa shape index (κ2) is 4.22. The molecule has 19 heavy (non-hydrogen) atoms. The number of fused-ring (bicyclic) bond motifs is 1. The Hall–Kier alpha value is -1.58. The van der Waals surface area contributed by atoms with Crippen molar-refractivity contribution in [2.75, 3.05) is 6.54 Å². The Kier molecular flexibility index (Phi) is 2.50. The third-order valence-corrected chi connectivity index (χ3v) is 4.31. The second-order valence-corrected chi connectivity index (χ2v) is 5.23. The van der Waals surface area contributed by atoms with Crippen molar-refractivity contribution in [2.45, 2.75) is 18.1 Å². The Balaban J connectivity index is 1.89. The average Bonchev–Trinajstić information content (AvgIpc) is 2.73. The molecule has 2 aromatic carbocycles. The maximum atomic E-state index is 6.20. The van der Waals surface area contributed by atoms with Gasteiger partial charge in [-0.2, -0.15) is 0 Å². The average molecular weight is 248 g/mol. The lowest BCUT2D eigenvalue weighted by atomic mass is 9.76. The number of hydrogen-bond acceptors (Lipinski definition) is 2. The fraction of sp³-hybridized carbons (Fsp3) is 0.250. The molecule has 1 unspecified atom stereocenters. The van der Waals surface area contributed by atoms with Gasteiger partial charge in [0.05, 0.1) is 0 Å². The first-order valence-corrected chi connectivity index (χ1v) is 6.79. The number of nitrogens with zero attached hydrogens (tertiary/aromatic N) is 1. The Morgan fingerprint density at radius 2 is 1.53 bits per heavy atom. The highest BCUT2D eigenvalue weighted by molar-refractivity contribution is 6.25. The molecule has 2 saturated heterocycles. The van der Waals surface area contributed by atoms with E-state index in [0.717, 1.165) is 6.54 Å². The van der Waals surface area contributed by atoms with Crippen LogP contribution in [0.15, 0.2) is 60.7 Å². The first kappa shape index (κ1) is 11.3. The summed E-state index contributed by atoms with van der Waals surface area (Å²) in [6, 6.07) is 21.6. The molecule has 0 bridgehead atoms. The lowest BCUT2D eigenvalue weighted by Gasteiger charge is -2.44. The summed E-state index contributed by atoms with van der Waals surface area (Å²) in [4.78, 5) is 2.31. The zero-order valence-electron chi connectivity index (χ0n) is 10.7. The number of benzene rings is 2. The zero-order valence-corrected chi connectivity index (χ0v) is 10.7. The Bertz CT molecular complexity index is 532. The van der Waals surface area contributed by atoms with Crippen LogP contribution in [-0.2, 0) is 10.3 Å². The molecule has 4 rings (SSSR count). The van der Waals surface area contributed by atoms with Crippen molar-refractivity contribution in [1.29, 1.82) is 0 Å². The molecule has 0 N–H and O–H groups in total. The zero-order chi connectivity index (χ0) is 12.7. The van der Waals surface area contributed by atoms with Gasteiger partial charge in [-0.15, -0.1) is 0 Å². The van der Waals surface area contributed by atoms with Gasteiger partial charge in [0.2, 0.25) is 0 Å². The fourth-order valence-corrected chi connectivity index (χ4v) is 3.26. The molecule has 1 atom stereocenters. The third kappa shape index (κ3) is 1.52. The van der Waals surface area contributed by atoms with E-state index in [-0.39, 0.29) is 5.60 Å². The van der Waals surface area contributed by atoms with E-state index in [0.29, 0.717) is 6.04 Å². The maximum Gasteiger partial charge on any atom is 0.400 e. The van der Waals surface area contributed by atoms with Crippen LogP contribution in [-0.4, -0.2) is 25.0 Å². The van der Waals surface area contributed by atoms with Crippen LogP contribution in [0.4, 0.5) is 0 Å². The van der Waals surface area contributed by atoms with Crippen LogP contribution in [0.25, 0.3) is 0 Å². The van der Waals surface area contributed by atoms with Gasteiger partial charge in [0.25, 0.3) is 0 Å². The quantitative estimate of drug-likeness (QED) is 0.757. The Labute approximate surface area is 114 Å². The molecule has 0 aliphatic carbocycles. The predicted molar refractivity (Wildman–Crippen MR) is 75.6 cm³/mol. The summed E-state index contributed by atoms with van der Waals surface area (Å²) < 4.78 is 6.20. The minimum atomic E-state index is -0.333. The van der Waals surface area contributed by atoms with Crippen molar-refractivity contribution < 1.29 is 4.65 Å². The lowest BCUT2D eigenvalue weighted by Crippen LogP contribution is -2.53. The largest absolute Gasteiger partial charge is 0.409 e. The molecular weight excluding hydrogens is 233 g/mol. The van der Waals surface area contributed by atoms with Crippen molar-refractivity contribution in [3.05, 3.63) is 71.8 Å². The van der Waals surface area contributed by atoms with Crippen LogP contribution in [0.1, 0.15) is 17.5 Å². The van der Waals surface area contributed by atoms with Crippen molar-refractivity contribution in [3.63, 3.8) is 0 Å². The van der Waals surface area contributed by atoms with Gasteiger partial charge in [-0.25, -0.2) is 0 Å². The smallest absolute Gasteiger partial charge is 0.400 e. The van der Waals surface area contributed by atoms with E-state index in [4.69, 9.17) is 4.65 Å². The van der Waals surface area contributed by atoms with Crippen LogP contribution >= 0.6 is 0 Å². The summed E-state index contributed by atoms with van der Waals surface area (Å²) in [5.41, 5.74) is 2.15. The summed E-state index contributed by atoms with van der Waals surface area (Å²) in [7, 11) is 1.91. The minimum Gasteiger partial charge on any atom is -0.409 e. The van der Waals surface area contributed by atoms with Gasteiger partial charge in [0.15, 0.2) is 0 Å². The van der Waals surface area contributed by atoms with Gasteiger partial charge in [-0.05, 0) is 24.1 Å². The van der Waals surface area contributed by atoms with Crippen molar-refractivity contribution >= 4 is 7.62 Å². The summed E-state index contributed by atoms with van der Waals surface area (Å²) in [5.74, 6) is 0. The van der Waals surface area contributed by atoms with Crippen molar-refractivity contribution in [1.82, 2.24) is 4.81 Å². The summed E-state index contributed by atoms with van der Waals surface area (Å²) in [6.07, 6.45) is 1.18. The fourth-order valence-electron chi connectivity index (χ4n) is 3.26. The summed E-state index contributed by atoms with van der Waals surface area (Å²) in [6.45, 7) is 1.10. The lowest BCUT2D eigenvalue weighted by molar-refractivity contribution is 0.0598. The van der Waals surface area contributed by atoms with E-state index in [2.05, 4.69) is 65.5 Å². The molecule has 2 fully saturated rings. The van der Waals surface area contributed by atoms with Crippen LogP contribution in [0, 0.1) is 0 Å². The van der Waals surface area contributed by atoms with Crippen LogP contribution in [0.3, 0.4) is 0 Å². The van der Waals surface area contributed by atoms with Gasteiger partial charge in [-0.3, -0.25) is 0 Å². The molecule has 2 aliphatic rings. The molecule has 0 aromatic heterocycles. The van der Waals surface area contributed by atoms with Gasteiger partial charge in [0, 0.05) is 6.04 Å². The highest BCUT2D eigenvalue weighted by atomic mass is 16.5.